The number of hydrogen-bond acceptors (Lipinski definition) is 6. The van der Waals surface area contributed by atoms with Crippen molar-refractivity contribution in [2.45, 2.75) is 20.4 Å². The molecule has 1 rings (SSSR count). The third-order valence-electron chi connectivity index (χ3n) is 1.63. The predicted molar refractivity (Wildman–Crippen MR) is 78.7 cm³/mol. The number of aliphatic carboxylic acids is 1. The van der Waals surface area contributed by atoms with Gasteiger partial charge in [-0.3, -0.25) is 0 Å². The monoisotopic (exact) mass is 439 g/mol. The quantitative estimate of drug-likeness (QED) is 0.474. The van der Waals surface area contributed by atoms with Crippen LogP contribution in [0.3, 0.4) is 0 Å². The van der Waals surface area contributed by atoms with Crippen LogP contribution < -0.4 is 5.32 Å². The van der Waals surface area contributed by atoms with Crippen molar-refractivity contribution in [2.24, 2.45) is 0 Å². The Morgan fingerprint density at radius 3 is 1.86 bits per heavy atom. The Hall–Kier alpha value is -0.250. The summed E-state index contributed by atoms with van der Waals surface area (Å²) in [5.41, 5.74) is 0. The molecule has 1 saturated heterocycles. The van der Waals surface area contributed by atoms with Crippen LogP contribution in [0.5, 0.6) is 0 Å². The van der Waals surface area contributed by atoms with Crippen LogP contribution in [0, 0.1) is 0 Å². The fourth-order valence-electron chi connectivity index (χ4n) is 0.921. The van der Waals surface area contributed by atoms with E-state index in [9.17, 15) is 14.4 Å². The largest absolute Gasteiger partial charge is 0.515 e. The van der Waals surface area contributed by atoms with E-state index in [0.717, 1.165) is 0 Å². The summed E-state index contributed by atoms with van der Waals surface area (Å²) in [6.07, 6.45) is -1.73. The molecule has 128 valence electrons. The summed E-state index contributed by atoms with van der Waals surface area (Å²) in [5, 5.41) is 10.5. The Kier molecular flexibility index (Phi) is 9.04. The summed E-state index contributed by atoms with van der Waals surface area (Å²) in [6.45, 7) is 0.183. The van der Waals surface area contributed by atoms with Gasteiger partial charge in [-0.25, -0.2) is 14.4 Å². The molecule has 0 radical (unpaired) electrons. The van der Waals surface area contributed by atoms with Crippen LogP contribution in [-0.2, 0) is 19.0 Å². The summed E-state index contributed by atoms with van der Waals surface area (Å²) in [7, 11) is 0. The molecule has 1 heterocycles. The van der Waals surface area contributed by atoms with Crippen LogP contribution in [-0.4, -0.2) is 43.9 Å². The molecule has 0 aromatic rings. The van der Waals surface area contributed by atoms with E-state index < -0.39 is 32.2 Å². The summed E-state index contributed by atoms with van der Waals surface area (Å²) in [6, 6.07) is -0.777. The highest BCUT2D eigenvalue weighted by Gasteiger charge is 2.32. The summed E-state index contributed by atoms with van der Waals surface area (Å²) < 4.78 is 7.95. The van der Waals surface area contributed by atoms with Crippen LogP contribution in [0.4, 0.5) is 9.59 Å². The van der Waals surface area contributed by atoms with Crippen molar-refractivity contribution < 1.29 is 33.7 Å². The van der Waals surface area contributed by atoms with Gasteiger partial charge in [0.1, 0.15) is 6.04 Å². The molecule has 1 aliphatic heterocycles. The minimum atomic E-state index is -2.24. The van der Waals surface area contributed by atoms with Crippen molar-refractivity contribution >= 4 is 87.8 Å². The molecule has 0 aliphatic carbocycles. The van der Waals surface area contributed by atoms with E-state index >= 15 is 0 Å². The third kappa shape index (κ3) is 12.3. The van der Waals surface area contributed by atoms with Crippen LogP contribution in [0.2, 0.25) is 0 Å². The molecule has 14 heteroatoms. The number of ether oxygens (including phenoxy) is 3. The van der Waals surface area contributed by atoms with E-state index in [1.165, 1.54) is 0 Å². The van der Waals surface area contributed by atoms with Crippen molar-refractivity contribution in [1.82, 2.24) is 5.32 Å². The number of rotatable bonds is 1. The van der Waals surface area contributed by atoms with Crippen LogP contribution in [0.25, 0.3) is 0 Å². The number of carboxylic acid groups (broad SMARTS) is 1. The van der Waals surface area contributed by atoms with E-state index in [0.29, 0.717) is 6.42 Å². The Labute approximate surface area is 153 Å². The van der Waals surface area contributed by atoms with Gasteiger partial charge in [-0.2, -0.15) is 0 Å². The first-order valence-electron chi connectivity index (χ1n) is 5.01. The molecule has 0 saturated carbocycles. The number of alkyl carbamates (subject to hydrolysis) is 1. The maximum atomic E-state index is 10.5. The molecule has 1 amide bonds. The molecule has 0 unspecified atom stereocenters. The molecular weight excluding hydrogens is 435 g/mol. The Morgan fingerprint density at radius 1 is 1.14 bits per heavy atom. The zero-order valence-electron chi connectivity index (χ0n) is 10.2. The van der Waals surface area contributed by atoms with Gasteiger partial charge >= 0.3 is 26.2 Å². The van der Waals surface area contributed by atoms with Gasteiger partial charge in [-0.15, -0.1) is 0 Å². The van der Waals surface area contributed by atoms with E-state index in [2.05, 4.69) is 19.5 Å². The fourth-order valence-corrected chi connectivity index (χ4v) is 1.30. The molecule has 0 bridgehead atoms. The smallest absolute Gasteiger partial charge is 0.480 e. The lowest BCUT2D eigenvalue weighted by Crippen LogP contribution is -2.45. The number of carbonyl (C=O) groups is 3. The first kappa shape index (κ1) is 21.8. The van der Waals surface area contributed by atoms with Gasteiger partial charge in [0.2, 0.25) is 0 Å². The van der Waals surface area contributed by atoms with Gasteiger partial charge in [0.25, 0.3) is 0 Å². The number of halogens is 6. The first-order chi connectivity index (χ1) is 9.80. The maximum absolute atomic E-state index is 10.5. The van der Waals surface area contributed by atoms with Gasteiger partial charge in [0, 0.05) is 6.42 Å². The average molecular weight is 442 g/mol. The normalized spacial score (nSPS) is 18.1. The van der Waals surface area contributed by atoms with Crippen molar-refractivity contribution in [3.8, 4) is 0 Å². The summed E-state index contributed by atoms with van der Waals surface area (Å²) in [5.74, 6) is -1.02. The average Bonchev–Trinajstić information content (AvgIpc) is 2.24. The van der Waals surface area contributed by atoms with Crippen LogP contribution in [0.15, 0.2) is 0 Å². The molecular formula is C8H7Cl6NO7. The highest BCUT2D eigenvalue weighted by Crippen LogP contribution is 2.32. The molecule has 1 atom stereocenters. The van der Waals surface area contributed by atoms with E-state index in [-0.39, 0.29) is 6.61 Å². The minimum absolute atomic E-state index is 0.183. The van der Waals surface area contributed by atoms with Crippen LogP contribution in [0.1, 0.15) is 6.42 Å². The standard InChI is InChI=1S/C5H7NO4.C3Cl6O3/c7-4(8)3-1-2-10-5(9)6-3;4-2(5,6)11-1(10)12-3(7,8)9/h3H,1-2H2,(H,6,9)(H,7,8);/t3-;/m0./s1. The molecule has 22 heavy (non-hydrogen) atoms. The molecule has 1 fully saturated rings. The molecule has 2 N–H and O–H groups in total. The number of hydrogen-bond donors (Lipinski definition) is 2. The number of nitrogens with one attached hydrogen (secondary N) is 1. The van der Waals surface area contributed by atoms with Gasteiger partial charge in [0.15, 0.2) is 0 Å². The molecule has 8 nitrogen and oxygen atoms in total. The molecule has 0 aromatic carbocycles. The number of carboxylic acids is 1. The lowest BCUT2D eigenvalue weighted by molar-refractivity contribution is -0.140. The van der Waals surface area contributed by atoms with Gasteiger partial charge in [-0.05, 0) is 69.6 Å². The highest BCUT2D eigenvalue weighted by molar-refractivity contribution is 6.67. The topological polar surface area (TPSA) is 111 Å². The van der Waals surface area contributed by atoms with Crippen molar-refractivity contribution in [1.29, 1.82) is 0 Å². The van der Waals surface area contributed by atoms with Gasteiger partial charge in [0.05, 0.1) is 6.61 Å². The highest BCUT2D eigenvalue weighted by atomic mass is 35.6. The number of alkyl halides is 6. The zero-order chi connectivity index (χ0) is 17.6. The van der Waals surface area contributed by atoms with Crippen LogP contribution >= 0.6 is 69.6 Å². The van der Waals surface area contributed by atoms with Crippen molar-refractivity contribution in [2.75, 3.05) is 6.61 Å². The Morgan fingerprint density at radius 2 is 1.59 bits per heavy atom. The second kappa shape index (κ2) is 9.14. The number of carbonyl (C=O) groups excluding carboxylic acids is 2. The molecule has 0 aromatic heterocycles. The Bertz CT molecular complexity index is 400. The van der Waals surface area contributed by atoms with E-state index in [1.54, 1.807) is 0 Å². The van der Waals surface area contributed by atoms with E-state index in [4.69, 9.17) is 74.7 Å². The summed E-state index contributed by atoms with van der Waals surface area (Å²) in [4.78, 5) is 31.1. The molecule has 1 aliphatic rings. The molecule has 0 spiro atoms. The van der Waals surface area contributed by atoms with Gasteiger partial charge in [-0.1, -0.05) is 0 Å². The Balaban J connectivity index is 0.000000406. The third-order valence-corrected chi connectivity index (χ3v) is 2.09. The second-order valence-corrected chi connectivity index (χ2v) is 7.66. The number of amides is 1. The summed E-state index contributed by atoms with van der Waals surface area (Å²) >= 11 is 30.2. The van der Waals surface area contributed by atoms with Crippen molar-refractivity contribution in [3.05, 3.63) is 0 Å². The van der Waals surface area contributed by atoms with E-state index in [1.807, 2.05) is 0 Å². The number of cyclic esters (lactones) is 1. The lowest BCUT2D eigenvalue weighted by Gasteiger charge is -2.19. The SMILES string of the molecule is O=C(OC(Cl)(Cl)Cl)OC(Cl)(Cl)Cl.O=C1N[C@H](C(=O)O)CCO1. The van der Waals surface area contributed by atoms with Crippen molar-refractivity contribution in [3.63, 3.8) is 0 Å². The first-order valence-corrected chi connectivity index (χ1v) is 7.28. The lowest BCUT2D eigenvalue weighted by atomic mass is 10.2. The fraction of sp³-hybridized carbons (Fsp3) is 0.625. The van der Waals surface area contributed by atoms with Gasteiger partial charge < -0.3 is 24.6 Å². The predicted octanol–water partition coefficient (Wildman–Crippen LogP) is 3.36. The maximum Gasteiger partial charge on any atom is 0.515 e. The minimum Gasteiger partial charge on any atom is -0.480 e. The second-order valence-electron chi connectivity index (χ2n) is 3.31. The zero-order valence-corrected chi connectivity index (χ0v) is 14.7.